The lowest BCUT2D eigenvalue weighted by molar-refractivity contribution is -0.133. The fourth-order valence-electron chi connectivity index (χ4n) is 2.34. The van der Waals surface area contributed by atoms with E-state index in [0.717, 1.165) is 0 Å². The highest BCUT2D eigenvalue weighted by molar-refractivity contribution is 7.91. The molecule has 126 valence electrons. The maximum Gasteiger partial charge on any atom is 0.337 e. The van der Waals surface area contributed by atoms with Gasteiger partial charge in [-0.2, -0.15) is 0 Å². The zero-order chi connectivity index (χ0) is 17.0. The number of carbonyl (C=O) groups is 2. The number of esters is 1. The number of likely N-dealkylation sites (N-methyl/N-ethyl adjacent to an activating group) is 1. The minimum atomic E-state index is -3.04. The van der Waals surface area contributed by atoms with Gasteiger partial charge in [0.2, 0.25) is 0 Å². The molecule has 1 aliphatic rings. The SMILES string of the molecule is COC(=O)c1ccc(OCC(=O)N(C)[C@H]2CCS(=O)(=O)C2)cc1. The number of ether oxygens (including phenoxy) is 2. The minimum Gasteiger partial charge on any atom is -0.484 e. The molecule has 1 heterocycles. The smallest absolute Gasteiger partial charge is 0.337 e. The van der Waals surface area contributed by atoms with Gasteiger partial charge in [0.25, 0.3) is 5.91 Å². The van der Waals surface area contributed by atoms with Crippen molar-refractivity contribution in [2.45, 2.75) is 12.5 Å². The maximum atomic E-state index is 12.1. The van der Waals surface area contributed by atoms with E-state index in [1.165, 1.54) is 12.0 Å². The third-order valence-corrected chi connectivity index (χ3v) is 5.54. The summed E-state index contributed by atoms with van der Waals surface area (Å²) in [6.07, 6.45) is 0.457. The molecule has 1 fully saturated rings. The van der Waals surface area contributed by atoms with Crippen LogP contribution >= 0.6 is 0 Å². The van der Waals surface area contributed by atoms with Crippen LogP contribution in [0.2, 0.25) is 0 Å². The zero-order valence-electron chi connectivity index (χ0n) is 13.0. The van der Waals surface area contributed by atoms with Crippen LogP contribution in [0.1, 0.15) is 16.8 Å². The van der Waals surface area contributed by atoms with Crippen LogP contribution < -0.4 is 4.74 Å². The highest BCUT2D eigenvalue weighted by atomic mass is 32.2. The standard InChI is InChI=1S/C15H19NO6S/c1-16(12-7-8-23(19,20)10-12)14(17)9-22-13-5-3-11(4-6-13)15(18)21-2/h3-6,12H,7-10H2,1-2H3/t12-/m0/s1. The molecule has 1 aromatic carbocycles. The summed E-state index contributed by atoms with van der Waals surface area (Å²) >= 11 is 0. The number of carbonyl (C=O) groups excluding carboxylic acids is 2. The van der Waals surface area contributed by atoms with Gasteiger partial charge in [0.1, 0.15) is 5.75 Å². The minimum absolute atomic E-state index is 0.00304. The van der Waals surface area contributed by atoms with Gasteiger partial charge in [0.15, 0.2) is 16.4 Å². The molecule has 0 bridgehead atoms. The second kappa shape index (κ2) is 6.99. The predicted molar refractivity (Wildman–Crippen MR) is 83.1 cm³/mol. The fraction of sp³-hybridized carbons (Fsp3) is 0.467. The number of hydrogen-bond donors (Lipinski definition) is 0. The molecule has 7 nitrogen and oxygen atoms in total. The molecule has 0 aromatic heterocycles. The van der Waals surface area contributed by atoms with E-state index in [0.29, 0.717) is 17.7 Å². The summed E-state index contributed by atoms with van der Waals surface area (Å²) in [6, 6.07) is 5.93. The van der Waals surface area contributed by atoms with Crippen LogP contribution in [-0.2, 0) is 19.4 Å². The van der Waals surface area contributed by atoms with Gasteiger partial charge in [0.05, 0.1) is 24.2 Å². The van der Waals surface area contributed by atoms with Crippen molar-refractivity contribution in [2.75, 3.05) is 32.3 Å². The van der Waals surface area contributed by atoms with E-state index in [1.807, 2.05) is 0 Å². The molecule has 0 radical (unpaired) electrons. The van der Waals surface area contributed by atoms with Crippen molar-refractivity contribution >= 4 is 21.7 Å². The van der Waals surface area contributed by atoms with Crippen molar-refractivity contribution in [3.63, 3.8) is 0 Å². The van der Waals surface area contributed by atoms with Gasteiger partial charge in [0, 0.05) is 13.1 Å². The number of amides is 1. The van der Waals surface area contributed by atoms with Gasteiger partial charge in [-0.3, -0.25) is 4.79 Å². The second-order valence-electron chi connectivity index (χ2n) is 5.37. The van der Waals surface area contributed by atoms with Crippen LogP contribution in [0.3, 0.4) is 0 Å². The van der Waals surface area contributed by atoms with Gasteiger partial charge in [-0.05, 0) is 30.7 Å². The molecule has 1 aliphatic heterocycles. The van der Waals surface area contributed by atoms with Gasteiger partial charge >= 0.3 is 5.97 Å². The topological polar surface area (TPSA) is 90.0 Å². The fourth-order valence-corrected chi connectivity index (χ4v) is 4.11. The van der Waals surface area contributed by atoms with E-state index in [-0.39, 0.29) is 30.1 Å². The van der Waals surface area contributed by atoms with Crippen molar-refractivity contribution in [3.8, 4) is 5.75 Å². The first kappa shape index (κ1) is 17.3. The molecule has 1 aromatic rings. The van der Waals surface area contributed by atoms with E-state index >= 15 is 0 Å². The third-order valence-electron chi connectivity index (χ3n) is 3.79. The average Bonchev–Trinajstić information content (AvgIpc) is 2.91. The van der Waals surface area contributed by atoms with Crippen molar-refractivity contribution < 1.29 is 27.5 Å². The summed E-state index contributed by atoms with van der Waals surface area (Å²) in [5.74, 6) is -0.175. The van der Waals surface area contributed by atoms with E-state index in [9.17, 15) is 18.0 Å². The molecule has 8 heteroatoms. The van der Waals surface area contributed by atoms with Crippen molar-refractivity contribution in [1.82, 2.24) is 4.90 Å². The monoisotopic (exact) mass is 341 g/mol. The highest BCUT2D eigenvalue weighted by Gasteiger charge is 2.32. The number of sulfone groups is 1. The van der Waals surface area contributed by atoms with E-state index < -0.39 is 15.8 Å². The van der Waals surface area contributed by atoms with Gasteiger partial charge in [-0.15, -0.1) is 0 Å². The van der Waals surface area contributed by atoms with Crippen molar-refractivity contribution in [3.05, 3.63) is 29.8 Å². The lowest BCUT2D eigenvalue weighted by Gasteiger charge is -2.23. The van der Waals surface area contributed by atoms with Gasteiger partial charge < -0.3 is 14.4 Å². The molecule has 1 amide bonds. The van der Waals surface area contributed by atoms with Gasteiger partial charge in [-0.1, -0.05) is 0 Å². The number of nitrogens with zero attached hydrogens (tertiary/aromatic N) is 1. The lowest BCUT2D eigenvalue weighted by atomic mass is 10.2. The van der Waals surface area contributed by atoms with Crippen LogP contribution in [0.4, 0.5) is 0 Å². The summed E-state index contributed by atoms with van der Waals surface area (Å²) in [5, 5.41) is 0. The quantitative estimate of drug-likeness (QED) is 0.725. The number of hydrogen-bond acceptors (Lipinski definition) is 6. The van der Waals surface area contributed by atoms with Crippen molar-refractivity contribution in [2.24, 2.45) is 0 Å². The summed E-state index contributed by atoms with van der Waals surface area (Å²) in [4.78, 5) is 24.8. The van der Waals surface area contributed by atoms with Crippen LogP contribution in [0, 0.1) is 0 Å². The first-order chi connectivity index (χ1) is 10.8. The first-order valence-corrected chi connectivity index (χ1v) is 8.92. The molecule has 23 heavy (non-hydrogen) atoms. The molecule has 0 unspecified atom stereocenters. The highest BCUT2D eigenvalue weighted by Crippen LogP contribution is 2.17. The van der Waals surface area contributed by atoms with Crippen LogP contribution in [0.15, 0.2) is 24.3 Å². The predicted octanol–water partition coefficient (Wildman–Crippen LogP) is 0.497. The number of rotatable bonds is 5. The first-order valence-electron chi connectivity index (χ1n) is 7.09. The summed E-state index contributed by atoms with van der Waals surface area (Å²) in [7, 11) is -0.158. The Morgan fingerprint density at radius 1 is 1.26 bits per heavy atom. The average molecular weight is 341 g/mol. The molecule has 1 saturated heterocycles. The molecular weight excluding hydrogens is 322 g/mol. The lowest BCUT2D eigenvalue weighted by Crippen LogP contribution is -2.40. The Morgan fingerprint density at radius 3 is 2.43 bits per heavy atom. The second-order valence-corrected chi connectivity index (χ2v) is 7.59. The number of benzene rings is 1. The molecule has 1 atom stereocenters. The maximum absolute atomic E-state index is 12.1. The largest absolute Gasteiger partial charge is 0.484 e. The van der Waals surface area contributed by atoms with Crippen molar-refractivity contribution in [1.29, 1.82) is 0 Å². The van der Waals surface area contributed by atoms with Crippen LogP contribution in [0.5, 0.6) is 5.75 Å². The molecule has 2 rings (SSSR count). The van der Waals surface area contributed by atoms with E-state index in [2.05, 4.69) is 4.74 Å². The molecule has 0 N–H and O–H groups in total. The molecule has 0 spiro atoms. The molecule has 0 aliphatic carbocycles. The summed E-state index contributed by atoms with van der Waals surface area (Å²) < 4.78 is 32.9. The summed E-state index contributed by atoms with van der Waals surface area (Å²) in [6.45, 7) is -0.190. The Labute approximate surface area is 135 Å². The Kier molecular flexibility index (Phi) is 5.25. The van der Waals surface area contributed by atoms with Crippen LogP contribution in [0.25, 0.3) is 0 Å². The van der Waals surface area contributed by atoms with Crippen LogP contribution in [-0.4, -0.2) is 63.5 Å². The molecular formula is C15H19NO6S. The van der Waals surface area contributed by atoms with E-state index in [4.69, 9.17) is 4.74 Å². The zero-order valence-corrected chi connectivity index (χ0v) is 13.8. The molecule has 0 saturated carbocycles. The summed E-state index contributed by atoms with van der Waals surface area (Å²) in [5.41, 5.74) is 0.388. The Hall–Kier alpha value is -2.09. The van der Waals surface area contributed by atoms with Gasteiger partial charge in [-0.25, -0.2) is 13.2 Å². The Bertz CT molecular complexity index is 682. The van der Waals surface area contributed by atoms with E-state index in [1.54, 1.807) is 31.3 Å². The number of methoxy groups -OCH3 is 1. The Morgan fingerprint density at radius 2 is 1.91 bits per heavy atom. The third kappa shape index (κ3) is 4.44. The Balaban J connectivity index is 1.88. The normalized spacial score (nSPS) is 19.1.